The Bertz CT molecular complexity index is 1010. The van der Waals surface area contributed by atoms with E-state index in [2.05, 4.69) is 5.32 Å². The van der Waals surface area contributed by atoms with E-state index in [1.54, 1.807) is 11.0 Å². The minimum Gasteiger partial charge on any atom is -0.360 e. The van der Waals surface area contributed by atoms with Gasteiger partial charge in [-0.15, -0.1) is 0 Å². The molecule has 7 nitrogen and oxygen atoms in total. The lowest BCUT2D eigenvalue weighted by molar-refractivity contribution is -0.384. The molecule has 0 amide bonds. The molecule has 3 rings (SSSR count). The first-order valence-electron chi connectivity index (χ1n) is 7.79. The number of nitrogens with zero attached hydrogens (tertiary/aromatic N) is 2. The lowest BCUT2D eigenvalue weighted by atomic mass is 10.1. The van der Waals surface area contributed by atoms with Crippen molar-refractivity contribution < 1.29 is 26.5 Å². The fraction of sp³-hybridized carbons (Fsp3) is 0.250. The van der Waals surface area contributed by atoms with Crippen LogP contribution in [0.25, 0.3) is 0 Å². The Morgan fingerprint density at radius 1 is 1.22 bits per heavy atom. The van der Waals surface area contributed by atoms with E-state index in [4.69, 9.17) is 0 Å². The van der Waals surface area contributed by atoms with Crippen molar-refractivity contribution in [3.63, 3.8) is 0 Å². The second-order valence-corrected chi connectivity index (χ2v) is 7.75. The number of anilines is 2. The van der Waals surface area contributed by atoms with Gasteiger partial charge in [-0.3, -0.25) is 10.1 Å². The van der Waals surface area contributed by atoms with Gasteiger partial charge in [-0.1, -0.05) is 12.1 Å². The van der Waals surface area contributed by atoms with Gasteiger partial charge in [0.1, 0.15) is 6.17 Å². The number of hydrogen-bond acceptors (Lipinski definition) is 6. The summed E-state index contributed by atoms with van der Waals surface area (Å²) in [4.78, 5) is 11.4. The summed E-state index contributed by atoms with van der Waals surface area (Å²) in [5, 5.41) is 13.9. The Balaban J connectivity index is 2.03. The number of nitrogens with one attached hydrogen (secondary N) is 1. The maximum atomic E-state index is 12.8. The second-order valence-electron chi connectivity index (χ2n) is 5.81. The summed E-state index contributed by atoms with van der Waals surface area (Å²) in [5.74, 6) is 0. The lowest BCUT2D eigenvalue weighted by Crippen LogP contribution is -2.27. The summed E-state index contributed by atoms with van der Waals surface area (Å²) in [6.07, 6.45) is -0.575. The molecule has 0 radical (unpaired) electrons. The zero-order valence-corrected chi connectivity index (χ0v) is 14.7. The Morgan fingerprint density at radius 2 is 1.93 bits per heavy atom. The van der Waals surface area contributed by atoms with Crippen molar-refractivity contribution in [1.82, 2.24) is 0 Å². The molecule has 27 heavy (non-hydrogen) atoms. The van der Waals surface area contributed by atoms with Crippen LogP contribution in [0.5, 0.6) is 0 Å². The molecule has 1 heterocycles. The number of rotatable bonds is 4. The van der Waals surface area contributed by atoms with Crippen molar-refractivity contribution in [2.45, 2.75) is 23.5 Å². The van der Waals surface area contributed by atoms with Gasteiger partial charge in [0.15, 0.2) is 0 Å². The molecule has 144 valence electrons. The van der Waals surface area contributed by atoms with Gasteiger partial charge in [0, 0.05) is 24.2 Å². The summed E-state index contributed by atoms with van der Waals surface area (Å²) < 4.78 is 61.6. The van der Waals surface area contributed by atoms with E-state index in [-0.39, 0.29) is 11.4 Å². The molecular weight excluding hydrogens is 387 g/mol. The summed E-state index contributed by atoms with van der Waals surface area (Å²) in [7, 11) is -5.47. The Kier molecular flexibility index (Phi) is 4.50. The highest BCUT2D eigenvalue weighted by atomic mass is 32.2. The van der Waals surface area contributed by atoms with Gasteiger partial charge in [-0.25, -0.2) is 8.42 Å². The first kappa shape index (κ1) is 19.0. The molecule has 2 aromatic carbocycles. The largest absolute Gasteiger partial charge is 0.501 e. The van der Waals surface area contributed by atoms with Crippen LogP contribution in [0, 0.1) is 10.1 Å². The molecule has 1 atom stereocenters. The third kappa shape index (κ3) is 3.18. The van der Waals surface area contributed by atoms with Gasteiger partial charge >= 0.3 is 5.51 Å². The highest BCUT2D eigenvalue weighted by Crippen LogP contribution is 2.43. The molecule has 0 fully saturated rings. The number of halogens is 3. The van der Waals surface area contributed by atoms with E-state index in [0.29, 0.717) is 17.8 Å². The smallest absolute Gasteiger partial charge is 0.360 e. The number of benzene rings is 2. The molecule has 0 saturated carbocycles. The van der Waals surface area contributed by atoms with Crippen molar-refractivity contribution in [3.05, 3.63) is 58.1 Å². The topological polar surface area (TPSA) is 92.6 Å². The van der Waals surface area contributed by atoms with Crippen molar-refractivity contribution in [3.8, 4) is 0 Å². The van der Waals surface area contributed by atoms with Crippen molar-refractivity contribution in [2.24, 2.45) is 0 Å². The minimum atomic E-state index is -5.47. The van der Waals surface area contributed by atoms with Gasteiger partial charge in [0.2, 0.25) is 0 Å². The van der Waals surface area contributed by atoms with E-state index in [1.807, 2.05) is 6.92 Å². The predicted molar refractivity (Wildman–Crippen MR) is 92.2 cm³/mol. The van der Waals surface area contributed by atoms with Crippen molar-refractivity contribution in [1.29, 1.82) is 0 Å². The highest BCUT2D eigenvalue weighted by molar-refractivity contribution is 7.92. The van der Waals surface area contributed by atoms with Crippen LogP contribution in [0.4, 0.5) is 30.2 Å². The molecule has 0 unspecified atom stereocenters. The van der Waals surface area contributed by atoms with Crippen LogP contribution in [0.1, 0.15) is 18.7 Å². The number of nitro benzene ring substituents is 1. The first-order valence-corrected chi connectivity index (χ1v) is 9.27. The fourth-order valence-corrected chi connectivity index (χ4v) is 3.76. The summed E-state index contributed by atoms with van der Waals surface area (Å²) in [5.41, 5.74) is -4.28. The SMILES string of the molecule is CCN1c2ccc(S(=O)(=O)C(F)(F)F)cc2N[C@H]1c1cccc([N+](=O)[O-])c1. The number of hydrogen-bond donors (Lipinski definition) is 1. The van der Waals surface area contributed by atoms with Crippen molar-refractivity contribution >= 4 is 26.9 Å². The van der Waals surface area contributed by atoms with E-state index in [9.17, 15) is 31.7 Å². The molecule has 0 aromatic heterocycles. The number of nitro groups is 1. The molecule has 2 aromatic rings. The lowest BCUT2D eigenvalue weighted by Gasteiger charge is -2.25. The third-order valence-electron chi connectivity index (χ3n) is 4.23. The van der Waals surface area contributed by atoms with Gasteiger partial charge < -0.3 is 10.2 Å². The average Bonchev–Trinajstić information content (AvgIpc) is 2.98. The molecular formula is C16H14F3N3O4S. The first-order chi connectivity index (χ1) is 12.6. The monoisotopic (exact) mass is 401 g/mol. The molecule has 0 saturated heterocycles. The molecule has 1 aliphatic heterocycles. The maximum absolute atomic E-state index is 12.8. The van der Waals surface area contributed by atoms with Crippen LogP contribution >= 0.6 is 0 Å². The quantitative estimate of drug-likeness (QED) is 0.618. The van der Waals surface area contributed by atoms with Crippen LogP contribution in [0.15, 0.2) is 47.4 Å². The van der Waals surface area contributed by atoms with E-state index >= 15 is 0 Å². The standard InChI is InChI=1S/C16H14F3N3O4S/c1-2-21-14-7-6-12(27(25,26)16(17,18)19)9-13(14)20-15(21)10-4-3-5-11(8-10)22(23)24/h3-9,15,20H,2H2,1H3/t15-/m1/s1. The summed E-state index contributed by atoms with van der Waals surface area (Å²) in [6.45, 7) is 2.25. The van der Waals surface area contributed by atoms with E-state index in [1.165, 1.54) is 24.3 Å². The zero-order valence-electron chi connectivity index (χ0n) is 13.9. The number of non-ortho nitro benzene ring substituents is 1. The molecule has 0 spiro atoms. The highest BCUT2D eigenvalue weighted by Gasteiger charge is 2.47. The maximum Gasteiger partial charge on any atom is 0.501 e. The Morgan fingerprint density at radius 3 is 2.52 bits per heavy atom. The molecule has 1 aliphatic rings. The number of sulfone groups is 1. The number of fused-ring (bicyclic) bond motifs is 1. The van der Waals surface area contributed by atoms with Crippen LogP contribution in [0.3, 0.4) is 0 Å². The van der Waals surface area contributed by atoms with Gasteiger partial charge in [0.05, 0.1) is 21.2 Å². The number of alkyl halides is 3. The fourth-order valence-electron chi connectivity index (χ4n) is 2.97. The van der Waals surface area contributed by atoms with Gasteiger partial charge in [-0.2, -0.15) is 13.2 Å². The zero-order chi connectivity index (χ0) is 20.0. The van der Waals surface area contributed by atoms with Gasteiger partial charge in [0.25, 0.3) is 15.5 Å². The Labute approximate surface area is 152 Å². The van der Waals surface area contributed by atoms with E-state index in [0.717, 1.165) is 12.1 Å². The van der Waals surface area contributed by atoms with Crippen LogP contribution in [-0.2, 0) is 9.84 Å². The summed E-state index contributed by atoms with van der Waals surface area (Å²) >= 11 is 0. The molecule has 1 N–H and O–H groups in total. The van der Waals surface area contributed by atoms with Crippen LogP contribution in [0.2, 0.25) is 0 Å². The molecule has 0 bridgehead atoms. The minimum absolute atomic E-state index is 0.123. The van der Waals surface area contributed by atoms with Crippen molar-refractivity contribution in [2.75, 3.05) is 16.8 Å². The third-order valence-corrected chi connectivity index (χ3v) is 5.72. The van der Waals surface area contributed by atoms with Crippen LogP contribution < -0.4 is 10.2 Å². The predicted octanol–water partition coefficient (Wildman–Crippen LogP) is 3.84. The average molecular weight is 401 g/mol. The Hall–Kier alpha value is -2.82. The van der Waals surface area contributed by atoms with E-state index < -0.39 is 31.3 Å². The second kappa shape index (κ2) is 6.41. The summed E-state index contributed by atoms with van der Waals surface area (Å²) in [6, 6.07) is 8.97. The molecule has 11 heteroatoms. The normalized spacial score (nSPS) is 16.7. The van der Waals surface area contributed by atoms with Crippen LogP contribution in [-0.4, -0.2) is 25.4 Å². The molecule has 0 aliphatic carbocycles. The van der Waals surface area contributed by atoms with Gasteiger partial charge in [-0.05, 0) is 25.1 Å².